The molecule has 0 radical (unpaired) electrons. The van der Waals surface area contributed by atoms with Crippen LogP contribution in [0.15, 0.2) is 87.4 Å². The summed E-state index contributed by atoms with van der Waals surface area (Å²) in [7, 11) is 0. The smallest absolute Gasteiger partial charge is 0.336 e. The number of phenols is 1. The van der Waals surface area contributed by atoms with Crippen molar-refractivity contribution in [3.8, 4) is 5.75 Å². The highest BCUT2D eigenvalue weighted by Crippen LogP contribution is 2.44. The zero-order valence-corrected chi connectivity index (χ0v) is 20.4. The highest BCUT2D eigenvalue weighted by Gasteiger charge is 2.21. The third kappa shape index (κ3) is 3.67. The van der Waals surface area contributed by atoms with Gasteiger partial charge in [0.05, 0.1) is 36.9 Å². The number of hydrogen-bond donors (Lipinski definition) is 3. The molecule has 0 aliphatic carbocycles. The molecule has 0 atom stereocenters. The van der Waals surface area contributed by atoms with Crippen LogP contribution in [-0.4, -0.2) is 32.2 Å². The van der Waals surface area contributed by atoms with Crippen molar-refractivity contribution in [3.05, 3.63) is 94.1 Å². The van der Waals surface area contributed by atoms with Gasteiger partial charge in [0.2, 0.25) is 0 Å². The van der Waals surface area contributed by atoms with Crippen molar-refractivity contribution in [1.29, 1.82) is 0 Å². The van der Waals surface area contributed by atoms with E-state index in [0.717, 1.165) is 16.5 Å². The summed E-state index contributed by atoms with van der Waals surface area (Å²) in [5, 5.41) is 31.7. The van der Waals surface area contributed by atoms with Gasteiger partial charge in [-0.1, -0.05) is 48.2 Å². The fraction of sp³-hybridized carbons (Fsp3) is 0. The number of carboxylic acids is 2. The molecule has 0 aliphatic rings. The van der Waals surface area contributed by atoms with Gasteiger partial charge >= 0.3 is 11.9 Å². The lowest BCUT2D eigenvalue weighted by atomic mass is 10.0. The average molecular weight is 526 g/mol. The van der Waals surface area contributed by atoms with Crippen molar-refractivity contribution < 1.29 is 24.9 Å². The van der Waals surface area contributed by atoms with Gasteiger partial charge in [0.15, 0.2) is 5.43 Å². The number of aromatic nitrogens is 1. The normalized spacial score (nSPS) is 11.5. The van der Waals surface area contributed by atoms with Crippen LogP contribution >= 0.6 is 23.1 Å². The molecule has 0 amide bonds. The molecule has 0 bridgehead atoms. The lowest BCUT2D eigenvalue weighted by Crippen LogP contribution is -2.05. The molecular weight excluding hydrogens is 510 g/mol. The lowest BCUT2D eigenvalue weighted by molar-refractivity contribution is 0.0684. The molecule has 0 saturated heterocycles. The number of rotatable bonds is 4. The van der Waals surface area contributed by atoms with E-state index in [2.05, 4.69) is 0 Å². The molecule has 0 fully saturated rings. The highest BCUT2D eigenvalue weighted by atomic mass is 32.2. The van der Waals surface area contributed by atoms with E-state index in [1.54, 1.807) is 54.6 Å². The maximum Gasteiger partial charge on any atom is 0.336 e. The Balaban J connectivity index is 1.77. The predicted octanol–water partition coefficient (Wildman–Crippen LogP) is 6.37. The van der Waals surface area contributed by atoms with Crippen molar-refractivity contribution in [1.82, 2.24) is 4.98 Å². The van der Waals surface area contributed by atoms with Crippen LogP contribution in [0.4, 0.5) is 0 Å². The number of fused-ring (bicyclic) bond motifs is 5. The summed E-state index contributed by atoms with van der Waals surface area (Å²) in [6, 6.07) is 19.7. The molecule has 1 aromatic heterocycles. The van der Waals surface area contributed by atoms with Gasteiger partial charge in [-0.2, -0.15) is 0 Å². The Morgan fingerprint density at radius 2 is 1.51 bits per heavy atom. The van der Waals surface area contributed by atoms with E-state index in [1.165, 1.54) is 29.5 Å². The molecule has 0 unspecified atom stereocenters. The molecule has 37 heavy (non-hydrogen) atoms. The second-order valence-electron chi connectivity index (χ2n) is 8.30. The monoisotopic (exact) mass is 525 g/mol. The van der Waals surface area contributed by atoms with Gasteiger partial charge in [-0.15, -0.1) is 11.3 Å². The lowest BCUT2D eigenvalue weighted by Gasteiger charge is -2.14. The topological polar surface area (TPSA) is 125 Å². The van der Waals surface area contributed by atoms with E-state index in [0.29, 0.717) is 36.3 Å². The van der Waals surface area contributed by atoms with Crippen LogP contribution < -0.4 is 5.43 Å². The Morgan fingerprint density at radius 1 is 0.784 bits per heavy atom. The van der Waals surface area contributed by atoms with E-state index < -0.39 is 11.9 Å². The SMILES string of the molecule is O=C(O)c1ccc2sc3cc(Sc4ccccc4C(=O)O)c4c(=O)c5ccccc5c(O)c4c3nc2c1. The molecule has 0 aliphatic heterocycles. The van der Waals surface area contributed by atoms with Crippen molar-refractivity contribution in [2.24, 2.45) is 0 Å². The number of benzene rings is 5. The van der Waals surface area contributed by atoms with Crippen LogP contribution in [-0.2, 0) is 0 Å². The summed E-state index contributed by atoms with van der Waals surface area (Å²) in [5.74, 6) is -2.29. The number of aromatic carboxylic acids is 2. The van der Waals surface area contributed by atoms with Crippen LogP contribution in [0.5, 0.6) is 5.75 Å². The van der Waals surface area contributed by atoms with Gasteiger partial charge in [0.25, 0.3) is 0 Å². The zero-order valence-electron chi connectivity index (χ0n) is 18.8. The largest absolute Gasteiger partial charge is 0.507 e. The number of phenolic OH excluding ortho intramolecular Hbond substituents is 1. The number of hydrogen-bond acceptors (Lipinski definition) is 7. The second kappa shape index (κ2) is 8.58. The first kappa shape index (κ1) is 23.0. The Bertz CT molecular complexity index is 2010. The maximum atomic E-state index is 13.8. The molecule has 9 heteroatoms. The van der Waals surface area contributed by atoms with Crippen molar-refractivity contribution >= 4 is 77.0 Å². The van der Waals surface area contributed by atoms with Crippen LogP contribution in [0.25, 0.3) is 42.0 Å². The molecule has 0 saturated carbocycles. The van der Waals surface area contributed by atoms with Gasteiger partial charge in [-0.25, -0.2) is 14.6 Å². The molecule has 6 rings (SSSR count). The van der Waals surface area contributed by atoms with Crippen molar-refractivity contribution in [2.45, 2.75) is 9.79 Å². The third-order valence-corrected chi connectivity index (χ3v) is 8.33. The molecule has 7 nitrogen and oxygen atoms in total. The first-order valence-corrected chi connectivity index (χ1v) is 12.6. The predicted molar refractivity (Wildman–Crippen MR) is 145 cm³/mol. The second-order valence-corrected chi connectivity index (χ2v) is 10.5. The third-order valence-electron chi connectivity index (χ3n) is 6.11. The minimum atomic E-state index is -1.09. The number of carboxylic acid groups (broad SMARTS) is 2. The van der Waals surface area contributed by atoms with E-state index >= 15 is 0 Å². The fourth-order valence-electron chi connectivity index (χ4n) is 4.42. The number of aromatic hydroxyl groups is 1. The molecule has 180 valence electrons. The first-order valence-electron chi connectivity index (χ1n) is 11.0. The fourth-order valence-corrected chi connectivity index (χ4v) is 6.62. The van der Waals surface area contributed by atoms with Gasteiger partial charge < -0.3 is 15.3 Å². The van der Waals surface area contributed by atoms with Crippen LogP contribution in [0.1, 0.15) is 20.7 Å². The van der Waals surface area contributed by atoms with E-state index in [4.69, 9.17) is 4.98 Å². The Kier molecular flexibility index (Phi) is 5.32. The average Bonchev–Trinajstić information content (AvgIpc) is 2.90. The Hall–Kier alpha value is -4.47. The minimum absolute atomic E-state index is 0.0764. The summed E-state index contributed by atoms with van der Waals surface area (Å²) in [4.78, 5) is 42.8. The first-order chi connectivity index (χ1) is 17.8. The van der Waals surface area contributed by atoms with Crippen molar-refractivity contribution in [3.63, 3.8) is 0 Å². The van der Waals surface area contributed by atoms with Gasteiger partial charge in [0, 0.05) is 25.9 Å². The Labute approximate surface area is 216 Å². The van der Waals surface area contributed by atoms with E-state index in [9.17, 15) is 29.7 Å². The van der Waals surface area contributed by atoms with E-state index in [1.807, 2.05) is 0 Å². The van der Waals surface area contributed by atoms with Gasteiger partial charge in [0.1, 0.15) is 5.75 Å². The van der Waals surface area contributed by atoms with Crippen LogP contribution in [0.2, 0.25) is 0 Å². The standard InChI is InChI=1S/C28H15NO6S2/c30-25-14-5-1-2-6-15(14)26(31)23-22(25)20(36-18-8-4-3-7-16(18)28(34)35)12-21-24(23)29-17-11-13(27(32)33)9-10-19(17)37-21/h1-12,31H,(H,32,33)(H,34,35). The minimum Gasteiger partial charge on any atom is -0.507 e. The van der Waals surface area contributed by atoms with Gasteiger partial charge in [-0.05, 0) is 36.4 Å². The van der Waals surface area contributed by atoms with Crippen molar-refractivity contribution in [2.75, 3.05) is 0 Å². The molecule has 1 heterocycles. The van der Waals surface area contributed by atoms with Crippen LogP contribution in [0, 0.1) is 0 Å². The molecular formula is C28H15NO6S2. The highest BCUT2D eigenvalue weighted by molar-refractivity contribution is 7.99. The van der Waals surface area contributed by atoms with E-state index in [-0.39, 0.29) is 33.1 Å². The van der Waals surface area contributed by atoms with Crippen LogP contribution in [0.3, 0.4) is 0 Å². The summed E-state index contributed by atoms with van der Waals surface area (Å²) < 4.78 is 1.38. The summed E-state index contributed by atoms with van der Waals surface area (Å²) >= 11 is 2.48. The molecule has 5 aromatic carbocycles. The zero-order chi connectivity index (χ0) is 25.8. The molecule has 0 spiro atoms. The summed E-state index contributed by atoms with van der Waals surface area (Å²) in [6.07, 6.45) is 0. The number of carbonyl (C=O) groups is 2. The quantitative estimate of drug-likeness (QED) is 0.179. The maximum absolute atomic E-state index is 13.8. The summed E-state index contributed by atoms with van der Waals surface area (Å²) in [6.45, 7) is 0. The molecule has 6 aromatic rings. The van der Waals surface area contributed by atoms with Gasteiger partial charge in [-0.3, -0.25) is 4.79 Å². The Morgan fingerprint density at radius 3 is 2.27 bits per heavy atom. The molecule has 3 N–H and O–H groups in total. The number of nitrogens with zero attached hydrogens (tertiary/aromatic N) is 1. The summed E-state index contributed by atoms with van der Waals surface area (Å²) in [5.41, 5.74) is 0.653.